The number of nitrogens with zero attached hydrogens (tertiary/aromatic N) is 1. The number of para-hydroxylation sites is 1. The molecule has 0 aliphatic carbocycles. The van der Waals surface area contributed by atoms with Crippen molar-refractivity contribution in [2.24, 2.45) is 0 Å². The Labute approximate surface area is 122 Å². The molecule has 4 heteroatoms. The summed E-state index contributed by atoms with van der Waals surface area (Å²) >= 11 is 0. The molecule has 4 nitrogen and oxygen atoms in total. The van der Waals surface area contributed by atoms with Crippen LogP contribution in [0.3, 0.4) is 0 Å². The summed E-state index contributed by atoms with van der Waals surface area (Å²) in [6.45, 7) is 9.24. The summed E-state index contributed by atoms with van der Waals surface area (Å²) in [7, 11) is 1.72. The molecule has 0 saturated carbocycles. The lowest BCUT2D eigenvalue weighted by Crippen LogP contribution is -2.46. The quantitative estimate of drug-likeness (QED) is 0.863. The van der Waals surface area contributed by atoms with Gasteiger partial charge in [-0.1, -0.05) is 25.1 Å². The van der Waals surface area contributed by atoms with E-state index in [-0.39, 0.29) is 12.1 Å². The van der Waals surface area contributed by atoms with Crippen molar-refractivity contribution in [2.75, 3.05) is 39.9 Å². The number of likely N-dealkylation sites (N-methyl/N-ethyl adjacent to an activating group) is 1. The van der Waals surface area contributed by atoms with Crippen LogP contribution >= 0.6 is 0 Å². The predicted molar refractivity (Wildman–Crippen MR) is 81.3 cm³/mol. The standard InChI is InChI=1S/C16H26N2O2/c1-4-18-9-10-20-14(12-18)11-17-13(2)15-7-5-6-8-16(15)19-3/h5-8,13-14,17H,4,9-12H2,1-3H3/t13-,14?/m0/s1. The topological polar surface area (TPSA) is 33.7 Å². The Hall–Kier alpha value is -1.10. The van der Waals surface area contributed by atoms with Crippen LogP contribution in [0.2, 0.25) is 0 Å². The van der Waals surface area contributed by atoms with Gasteiger partial charge in [0.05, 0.1) is 19.8 Å². The van der Waals surface area contributed by atoms with Gasteiger partial charge in [0, 0.05) is 31.2 Å². The fourth-order valence-electron chi connectivity index (χ4n) is 2.63. The van der Waals surface area contributed by atoms with E-state index in [9.17, 15) is 0 Å². The van der Waals surface area contributed by atoms with Gasteiger partial charge in [0.15, 0.2) is 0 Å². The van der Waals surface area contributed by atoms with E-state index in [0.29, 0.717) is 0 Å². The minimum atomic E-state index is 0.256. The van der Waals surface area contributed by atoms with Crippen molar-refractivity contribution in [3.8, 4) is 5.75 Å². The number of nitrogens with one attached hydrogen (secondary N) is 1. The zero-order valence-electron chi connectivity index (χ0n) is 12.8. The van der Waals surface area contributed by atoms with Crippen molar-refractivity contribution in [2.45, 2.75) is 26.0 Å². The third kappa shape index (κ3) is 3.95. The molecular weight excluding hydrogens is 252 g/mol. The number of morpholine rings is 1. The second kappa shape index (κ2) is 7.62. The molecule has 1 saturated heterocycles. The van der Waals surface area contributed by atoms with Gasteiger partial charge in [-0.15, -0.1) is 0 Å². The maximum Gasteiger partial charge on any atom is 0.123 e. The SMILES string of the molecule is CCN1CCOC(CN[C@@H](C)c2ccccc2OC)C1. The Morgan fingerprint density at radius 3 is 3.00 bits per heavy atom. The summed E-state index contributed by atoms with van der Waals surface area (Å²) in [5, 5.41) is 3.56. The lowest BCUT2D eigenvalue weighted by atomic mass is 10.1. The Morgan fingerprint density at radius 1 is 1.45 bits per heavy atom. The maximum atomic E-state index is 5.82. The highest BCUT2D eigenvalue weighted by Crippen LogP contribution is 2.24. The Balaban J connectivity index is 1.87. The van der Waals surface area contributed by atoms with Gasteiger partial charge in [0.2, 0.25) is 0 Å². The highest BCUT2D eigenvalue weighted by atomic mass is 16.5. The van der Waals surface area contributed by atoms with Crippen molar-refractivity contribution in [1.82, 2.24) is 10.2 Å². The van der Waals surface area contributed by atoms with E-state index in [1.54, 1.807) is 7.11 Å². The van der Waals surface area contributed by atoms with E-state index >= 15 is 0 Å². The van der Waals surface area contributed by atoms with Crippen molar-refractivity contribution in [3.63, 3.8) is 0 Å². The second-order valence-corrected chi connectivity index (χ2v) is 5.26. The van der Waals surface area contributed by atoms with Crippen molar-refractivity contribution in [1.29, 1.82) is 0 Å². The molecule has 20 heavy (non-hydrogen) atoms. The fourth-order valence-corrected chi connectivity index (χ4v) is 2.63. The predicted octanol–water partition coefficient (Wildman–Crippen LogP) is 2.07. The summed E-state index contributed by atoms with van der Waals surface area (Å²) in [6.07, 6.45) is 0.279. The lowest BCUT2D eigenvalue weighted by molar-refractivity contribution is -0.0262. The smallest absolute Gasteiger partial charge is 0.123 e. The van der Waals surface area contributed by atoms with Crippen LogP contribution in [0, 0.1) is 0 Å². The van der Waals surface area contributed by atoms with Gasteiger partial charge in [-0.25, -0.2) is 0 Å². The van der Waals surface area contributed by atoms with Crippen LogP contribution in [-0.4, -0.2) is 50.9 Å². The summed E-state index contributed by atoms with van der Waals surface area (Å²) in [5.41, 5.74) is 1.19. The zero-order valence-corrected chi connectivity index (χ0v) is 12.8. The minimum absolute atomic E-state index is 0.256. The summed E-state index contributed by atoms with van der Waals surface area (Å²) in [4.78, 5) is 2.43. The van der Waals surface area contributed by atoms with Crippen molar-refractivity contribution >= 4 is 0 Å². The minimum Gasteiger partial charge on any atom is -0.496 e. The van der Waals surface area contributed by atoms with Crippen LogP contribution in [0.4, 0.5) is 0 Å². The van der Waals surface area contributed by atoms with Crippen molar-refractivity contribution < 1.29 is 9.47 Å². The molecule has 112 valence electrons. The highest BCUT2D eigenvalue weighted by Gasteiger charge is 2.20. The molecule has 1 aromatic rings. The Kier molecular flexibility index (Phi) is 5.83. The number of rotatable bonds is 6. The fraction of sp³-hybridized carbons (Fsp3) is 0.625. The second-order valence-electron chi connectivity index (χ2n) is 5.26. The van der Waals surface area contributed by atoms with Gasteiger partial charge in [-0.2, -0.15) is 0 Å². The van der Waals surface area contributed by atoms with Gasteiger partial charge in [-0.3, -0.25) is 4.90 Å². The molecule has 1 unspecified atom stereocenters. The molecule has 2 atom stereocenters. The van der Waals surface area contributed by atoms with E-state index in [1.807, 2.05) is 18.2 Å². The molecule has 1 fully saturated rings. The zero-order chi connectivity index (χ0) is 14.4. The van der Waals surface area contributed by atoms with Crippen LogP contribution in [-0.2, 0) is 4.74 Å². The summed E-state index contributed by atoms with van der Waals surface area (Å²) in [5.74, 6) is 0.937. The van der Waals surface area contributed by atoms with Crippen LogP contribution in [0.5, 0.6) is 5.75 Å². The monoisotopic (exact) mass is 278 g/mol. The lowest BCUT2D eigenvalue weighted by Gasteiger charge is -2.33. The highest BCUT2D eigenvalue weighted by molar-refractivity contribution is 5.35. The normalized spacial score (nSPS) is 21.6. The first-order valence-electron chi connectivity index (χ1n) is 7.44. The number of hydrogen-bond donors (Lipinski definition) is 1. The van der Waals surface area contributed by atoms with E-state index in [4.69, 9.17) is 9.47 Å². The first kappa shape index (κ1) is 15.3. The van der Waals surface area contributed by atoms with E-state index in [1.165, 1.54) is 5.56 Å². The van der Waals surface area contributed by atoms with Crippen LogP contribution < -0.4 is 10.1 Å². The molecule has 1 aliphatic heterocycles. The van der Waals surface area contributed by atoms with Crippen LogP contribution in [0.1, 0.15) is 25.5 Å². The first-order valence-corrected chi connectivity index (χ1v) is 7.44. The van der Waals surface area contributed by atoms with Gasteiger partial charge >= 0.3 is 0 Å². The molecule has 1 aromatic carbocycles. The van der Waals surface area contributed by atoms with E-state index < -0.39 is 0 Å². The molecule has 0 amide bonds. The number of benzene rings is 1. The maximum absolute atomic E-state index is 5.82. The average Bonchev–Trinajstić information content (AvgIpc) is 2.52. The first-order chi connectivity index (χ1) is 9.74. The molecule has 1 aliphatic rings. The molecule has 0 radical (unpaired) electrons. The molecule has 1 N–H and O–H groups in total. The van der Waals surface area contributed by atoms with Crippen LogP contribution in [0.15, 0.2) is 24.3 Å². The number of hydrogen-bond acceptors (Lipinski definition) is 4. The molecule has 0 aromatic heterocycles. The van der Waals surface area contributed by atoms with E-state index in [0.717, 1.165) is 38.5 Å². The van der Waals surface area contributed by atoms with Gasteiger partial charge in [0.1, 0.15) is 5.75 Å². The molecule has 0 bridgehead atoms. The molecule has 2 rings (SSSR count). The van der Waals surface area contributed by atoms with Crippen LogP contribution in [0.25, 0.3) is 0 Å². The summed E-state index contributed by atoms with van der Waals surface area (Å²) < 4.78 is 11.2. The average molecular weight is 278 g/mol. The molecule has 1 heterocycles. The Bertz CT molecular complexity index is 411. The number of methoxy groups -OCH3 is 1. The third-order valence-corrected chi connectivity index (χ3v) is 3.93. The Morgan fingerprint density at radius 2 is 2.25 bits per heavy atom. The largest absolute Gasteiger partial charge is 0.496 e. The molecular formula is C16H26N2O2. The van der Waals surface area contributed by atoms with E-state index in [2.05, 4.69) is 30.1 Å². The summed E-state index contributed by atoms with van der Waals surface area (Å²) in [6, 6.07) is 8.41. The van der Waals surface area contributed by atoms with Gasteiger partial charge in [-0.05, 0) is 19.5 Å². The number of ether oxygens (including phenoxy) is 2. The molecule has 0 spiro atoms. The van der Waals surface area contributed by atoms with Crippen molar-refractivity contribution in [3.05, 3.63) is 29.8 Å². The third-order valence-electron chi connectivity index (χ3n) is 3.93. The van der Waals surface area contributed by atoms with Gasteiger partial charge in [0.25, 0.3) is 0 Å². The van der Waals surface area contributed by atoms with Gasteiger partial charge < -0.3 is 14.8 Å².